The van der Waals surface area contributed by atoms with Crippen molar-refractivity contribution in [2.45, 2.75) is 13.0 Å². The van der Waals surface area contributed by atoms with Crippen LogP contribution in [0.3, 0.4) is 0 Å². The molecule has 0 unspecified atom stereocenters. The predicted molar refractivity (Wildman–Crippen MR) is 100 cm³/mol. The van der Waals surface area contributed by atoms with Crippen LogP contribution in [0.5, 0.6) is 0 Å². The lowest BCUT2D eigenvalue weighted by Gasteiger charge is -2.06. The highest BCUT2D eigenvalue weighted by molar-refractivity contribution is 7.09. The molecule has 1 N–H and O–H groups in total. The molecule has 6 nitrogen and oxygen atoms in total. The van der Waals surface area contributed by atoms with Crippen molar-refractivity contribution in [2.24, 2.45) is 0 Å². The number of furan rings is 1. The second-order valence-electron chi connectivity index (χ2n) is 5.64. The van der Waals surface area contributed by atoms with Crippen LogP contribution in [0.1, 0.15) is 15.2 Å². The highest BCUT2D eigenvalue weighted by Crippen LogP contribution is 2.20. The number of rotatable bonds is 6. The van der Waals surface area contributed by atoms with Crippen molar-refractivity contribution < 1.29 is 9.21 Å². The molecule has 0 aliphatic heterocycles. The predicted octanol–water partition coefficient (Wildman–Crippen LogP) is 4.09. The summed E-state index contributed by atoms with van der Waals surface area (Å²) in [5.74, 6) is 1.15. The summed E-state index contributed by atoms with van der Waals surface area (Å²) in [6.45, 7) is 0.576. The summed E-state index contributed by atoms with van der Waals surface area (Å²) in [4.78, 5) is 18.4. The zero-order valence-electron chi connectivity index (χ0n) is 13.8. The lowest BCUT2D eigenvalue weighted by molar-refractivity contribution is 0.0901. The zero-order valence-corrected chi connectivity index (χ0v) is 14.6. The summed E-state index contributed by atoms with van der Waals surface area (Å²) < 4.78 is 6.68. The van der Waals surface area contributed by atoms with Crippen LogP contribution in [-0.2, 0) is 13.0 Å². The first-order valence-electron chi connectivity index (χ1n) is 8.14. The van der Waals surface area contributed by atoms with Gasteiger partial charge in [0, 0.05) is 4.88 Å². The number of nitrogens with one attached hydrogen (secondary N) is 1. The minimum atomic E-state index is -0.157. The largest absolute Gasteiger partial charge is 0.461 e. The lowest BCUT2D eigenvalue weighted by atomic mass is 10.1. The van der Waals surface area contributed by atoms with E-state index < -0.39 is 0 Å². The molecule has 1 aromatic carbocycles. The van der Waals surface area contributed by atoms with Crippen molar-refractivity contribution in [2.75, 3.05) is 5.32 Å². The molecule has 0 radical (unpaired) electrons. The van der Waals surface area contributed by atoms with E-state index in [1.165, 1.54) is 4.68 Å². The van der Waals surface area contributed by atoms with E-state index in [1.807, 2.05) is 47.8 Å². The minimum Gasteiger partial charge on any atom is -0.461 e. The number of carbonyl (C=O) groups excluding carboxylic acids is 1. The fourth-order valence-electron chi connectivity index (χ4n) is 2.54. The van der Waals surface area contributed by atoms with Crippen LogP contribution in [0.4, 0.5) is 5.95 Å². The van der Waals surface area contributed by atoms with Gasteiger partial charge in [0.05, 0.1) is 19.2 Å². The molecule has 0 fully saturated rings. The molecular weight excluding hydrogens is 348 g/mol. The summed E-state index contributed by atoms with van der Waals surface area (Å²) >= 11 is 1.64. The first-order valence-corrected chi connectivity index (χ1v) is 9.02. The molecule has 130 valence electrons. The van der Waals surface area contributed by atoms with E-state index in [2.05, 4.69) is 15.4 Å². The Bertz CT molecular complexity index is 976. The third-order valence-electron chi connectivity index (χ3n) is 3.78. The summed E-state index contributed by atoms with van der Waals surface area (Å²) in [5, 5.41) is 9.56. The summed E-state index contributed by atoms with van der Waals surface area (Å²) in [7, 11) is 0. The quantitative estimate of drug-likeness (QED) is 0.558. The lowest BCUT2D eigenvalue weighted by Crippen LogP contribution is -2.18. The monoisotopic (exact) mass is 364 g/mol. The van der Waals surface area contributed by atoms with Crippen LogP contribution in [-0.4, -0.2) is 20.7 Å². The van der Waals surface area contributed by atoms with Crippen molar-refractivity contribution in [1.29, 1.82) is 0 Å². The van der Waals surface area contributed by atoms with Gasteiger partial charge in [-0.3, -0.25) is 4.79 Å². The molecule has 0 bridgehead atoms. The van der Waals surface area contributed by atoms with Crippen molar-refractivity contribution in [3.8, 4) is 11.6 Å². The highest BCUT2D eigenvalue weighted by atomic mass is 32.1. The normalized spacial score (nSPS) is 10.8. The molecule has 0 aliphatic rings. The Balaban J connectivity index is 1.61. The molecule has 0 amide bonds. The second-order valence-corrected chi connectivity index (χ2v) is 6.67. The van der Waals surface area contributed by atoms with Gasteiger partial charge >= 0.3 is 0 Å². The van der Waals surface area contributed by atoms with E-state index >= 15 is 0 Å². The van der Waals surface area contributed by atoms with Crippen LogP contribution in [0.2, 0.25) is 0 Å². The Labute approximate surface area is 154 Å². The average Bonchev–Trinajstić information content (AvgIpc) is 3.41. The Kier molecular flexibility index (Phi) is 4.61. The van der Waals surface area contributed by atoms with Crippen molar-refractivity contribution in [1.82, 2.24) is 14.8 Å². The first kappa shape index (κ1) is 16.3. The molecule has 0 atom stereocenters. The number of nitrogens with zero attached hydrogens (tertiary/aromatic N) is 3. The molecule has 0 saturated carbocycles. The van der Waals surface area contributed by atoms with Gasteiger partial charge in [0.2, 0.25) is 11.8 Å². The van der Waals surface area contributed by atoms with Gasteiger partial charge in [0.15, 0.2) is 5.76 Å². The molecule has 0 aliphatic carbocycles. The number of hydrogen-bond donors (Lipinski definition) is 1. The van der Waals surface area contributed by atoms with E-state index in [9.17, 15) is 4.79 Å². The van der Waals surface area contributed by atoms with Gasteiger partial charge < -0.3 is 9.73 Å². The molecule has 3 aromatic heterocycles. The van der Waals surface area contributed by atoms with E-state index in [0.29, 0.717) is 24.1 Å². The molecule has 0 saturated heterocycles. The van der Waals surface area contributed by atoms with Crippen LogP contribution < -0.4 is 5.32 Å². The highest BCUT2D eigenvalue weighted by Gasteiger charge is 2.18. The van der Waals surface area contributed by atoms with Gasteiger partial charge in [-0.1, -0.05) is 36.4 Å². The Morgan fingerprint density at radius 1 is 1.12 bits per heavy atom. The third-order valence-corrected chi connectivity index (χ3v) is 4.66. The van der Waals surface area contributed by atoms with Crippen LogP contribution in [0, 0.1) is 0 Å². The van der Waals surface area contributed by atoms with Gasteiger partial charge in [0.25, 0.3) is 5.91 Å². The topological polar surface area (TPSA) is 73.0 Å². The summed E-state index contributed by atoms with van der Waals surface area (Å²) in [5.41, 5.74) is 0.928. The minimum absolute atomic E-state index is 0.157. The Morgan fingerprint density at radius 3 is 2.73 bits per heavy atom. The molecule has 4 rings (SSSR count). The SMILES string of the molecule is O=C(Cc1ccccc1)n1nc(-c2ccco2)nc1NCc1cccs1. The van der Waals surface area contributed by atoms with Crippen LogP contribution in [0.25, 0.3) is 11.6 Å². The van der Waals surface area contributed by atoms with Crippen molar-refractivity contribution in [3.63, 3.8) is 0 Å². The van der Waals surface area contributed by atoms with E-state index in [-0.39, 0.29) is 12.3 Å². The maximum atomic E-state index is 12.8. The van der Waals surface area contributed by atoms with Gasteiger partial charge in [-0.2, -0.15) is 9.67 Å². The number of hydrogen-bond acceptors (Lipinski definition) is 6. The first-order chi connectivity index (χ1) is 12.8. The van der Waals surface area contributed by atoms with Gasteiger partial charge in [-0.15, -0.1) is 16.4 Å². The number of anilines is 1. The Hall–Kier alpha value is -3.19. The number of thiophene rings is 1. The van der Waals surface area contributed by atoms with E-state index in [1.54, 1.807) is 29.7 Å². The zero-order chi connectivity index (χ0) is 17.8. The summed E-state index contributed by atoms with van der Waals surface area (Å²) in [6.07, 6.45) is 1.80. The van der Waals surface area contributed by atoms with E-state index in [4.69, 9.17) is 4.42 Å². The summed E-state index contributed by atoms with van der Waals surface area (Å²) in [6, 6.07) is 17.1. The number of aromatic nitrogens is 3. The maximum absolute atomic E-state index is 12.8. The maximum Gasteiger partial charge on any atom is 0.254 e. The average molecular weight is 364 g/mol. The molecule has 26 heavy (non-hydrogen) atoms. The number of carbonyl (C=O) groups is 1. The van der Waals surface area contributed by atoms with Gasteiger partial charge in [0.1, 0.15) is 0 Å². The number of benzene rings is 1. The molecule has 7 heteroatoms. The molecule has 4 aromatic rings. The fraction of sp³-hybridized carbons (Fsp3) is 0.105. The third kappa shape index (κ3) is 3.57. The van der Waals surface area contributed by atoms with Gasteiger partial charge in [-0.25, -0.2) is 0 Å². The smallest absolute Gasteiger partial charge is 0.254 e. The van der Waals surface area contributed by atoms with E-state index in [0.717, 1.165) is 10.4 Å². The van der Waals surface area contributed by atoms with Crippen molar-refractivity contribution >= 4 is 23.2 Å². The van der Waals surface area contributed by atoms with Crippen LogP contribution in [0.15, 0.2) is 70.7 Å². The second kappa shape index (κ2) is 7.37. The molecular formula is C19H16N4O2S. The fourth-order valence-corrected chi connectivity index (χ4v) is 3.18. The van der Waals surface area contributed by atoms with Crippen molar-refractivity contribution in [3.05, 3.63) is 76.7 Å². The molecule has 3 heterocycles. The standard InChI is InChI=1S/C19H16N4O2S/c24-17(12-14-6-2-1-3-7-14)23-19(20-13-15-8-5-11-26-15)21-18(22-23)16-9-4-10-25-16/h1-11H,12-13H2,(H,20,21,22). The van der Waals surface area contributed by atoms with Crippen LogP contribution >= 0.6 is 11.3 Å². The molecule has 0 spiro atoms. The van der Waals surface area contributed by atoms with Gasteiger partial charge in [-0.05, 0) is 29.1 Å². The Morgan fingerprint density at radius 2 is 2.00 bits per heavy atom.